The average Bonchev–Trinajstić information content (AvgIpc) is 3.27. The molecular weight excluding hydrogens is 566 g/mol. The second-order valence-electron chi connectivity index (χ2n) is 10.5. The van der Waals surface area contributed by atoms with Crippen LogP contribution in [-0.4, -0.2) is 47.5 Å². The number of rotatable bonds is 13. The van der Waals surface area contributed by atoms with Crippen LogP contribution in [0, 0.1) is 5.92 Å². The predicted molar refractivity (Wildman–Crippen MR) is 164 cm³/mol. The fourth-order valence-electron chi connectivity index (χ4n) is 5.32. The predicted octanol–water partition coefficient (Wildman–Crippen LogP) is 6.92. The molecule has 220 valence electrons. The fraction of sp³-hybridized carbons (Fsp3) is 0.229. The highest BCUT2D eigenvalue weighted by Gasteiger charge is 2.37. The number of carboxylic acids is 1. The molecule has 0 aliphatic carbocycles. The van der Waals surface area contributed by atoms with Gasteiger partial charge in [0.05, 0.1) is 36.9 Å². The molecule has 4 aromatic rings. The maximum absolute atomic E-state index is 12.9. The number of halogens is 1. The van der Waals surface area contributed by atoms with Gasteiger partial charge in [-0.25, -0.2) is 0 Å². The number of hydrogen-bond donors (Lipinski definition) is 1. The number of aliphatic carboxylic acids is 1. The Kier molecular flexibility index (Phi) is 9.55. The van der Waals surface area contributed by atoms with Gasteiger partial charge in [-0.05, 0) is 77.9 Å². The molecule has 4 aromatic carbocycles. The molecule has 7 nitrogen and oxygen atoms in total. The lowest BCUT2D eigenvalue weighted by Crippen LogP contribution is -2.37. The largest absolute Gasteiger partial charge is 0.497 e. The minimum Gasteiger partial charge on any atom is -0.497 e. The number of imide groups is 1. The van der Waals surface area contributed by atoms with E-state index in [-0.39, 0.29) is 19.6 Å². The molecule has 0 saturated heterocycles. The number of methoxy groups -OCH3 is 1. The monoisotopic (exact) mass is 597 g/mol. The summed E-state index contributed by atoms with van der Waals surface area (Å²) in [6.07, 6.45) is 0.440. The topological polar surface area (TPSA) is 93.1 Å². The Morgan fingerprint density at radius 3 is 1.91 bits per heavy atom. The summed E-state index contributed by atoms with van der Waals surface area (Å²) in [4.78, 5) is 39.5. The van der Waals surface area contributed by atoms with Crippen LogP contribution in [0.25, 0.3) is 11.1 Å². The lowest BCUT2D eigenvalue weighted by atomic mass is 9.92. The van der Waals surface area contributed by atoms with Crippen LogP contribution in [-0.2, 0) is 22.6 Å². The van der Waals surface area contributed by atoms with Gasteiger partial charge in [-0.1, -0.05) is 72.3 Å². The molecule has 43 heavy (non-hydrogen) atoms. The lowest BCUT2D eigenvalue weighted by Gasteiger charge is -2.26. The van der Waals surface area contributed by atoms with Gasteiger partial charge in [0, 0.05) is 11.6 Å². The first-order valence-electron chi connectivity index (χ1n) is 14.1. The molecule has 0 saturated carbocycles. The van der Waals surface area contributed by atoms with E-state index in [1.54, 1.807) is 31.4 Å². The molecule has 0 fully saturated rings. The fourth-order valence-corrected chi connectivity index (χ4v) is 5.45. The van der Waals surface area contributed by atoms with Crippen molar-refractivity contribution in [1.29, 1.82) is 0 Å². The Labute approximate surface area is 255 Å². The summed E-state index contributed by atoms with van der Waals surface area (Å²) in [6, 6.07) is 29.8. The zero-order chi connectivity index (χ0) is 30.3. The van der Waals surface area contributed by atoms with Gasteiger partial charge >= 0.3 is 5.97 Å². The van der Waals surface area contributed by atoms with Crippen molar-refractivity contribution in [1.82, 2.24) is 4.90 Å². The van der Waals surface area contributed by atoms with Crippen LogP contribution in [0.5, 0.6) is 5.75 Å². The van der Waals surface area contributed by atoms with Gasteiger partial charge < -0.3 is 14.6 Å². The summed E-state index contributed by atoms with van der Waals surface area (Å²) in [5.74, 6) is -2.06. The van der Waals surface area contributed by atoms with Crippen molar-refractivity contribution in [3.05, 3.63) is 124 Å². The first kappa shape index (κ1) is 30.0. The zero-order valence-corrected chi connectivity index (χ0v) is 24.5. The third-order valence-corrected chi connectivity index (χ3v) is 8.03. The number of carbonyl (C=O) groups excluding carboxylic acids is 2. The maximum Gasteiger partial charge on any atom is 0.309 e. The van der Waals surface area contributed by atoms with E-state index in [9.17, 15) is 19.5 Å². The minimum absolute atomic E-state index is 0.0124. The number of hydrogen-bond acceptors (Lipinski definition) is 5. The number of fused-ring (bicyclic) bond motifs is 1. The Morgan fingerprint density at radius 1 is 0.791 bits per heavy atom. The summed E-state index contributed by atoms with van der Waals surface area (Å²) < 4.78 is 11.5. The molecule has 2 atom stereocenters. The van der Waals surface area contributed by atoms with Gasteiger partial charge in [-0.2, -0.15) is 0 Å². The number of carboxylic acid groups (broad SMARTS) is 1. The average molecular weight is 598 g/mol. The van der Waals surface area contributed by atoms with Crippen LogP contribution in [0.15, 0.2) is 97.1 Å². The van der Waals surface area contributed by atoms with Gasteiger partial charge in [0.25, 0.3) is 11.8 Å². The molecule has 0 radical (unpaired) electrons. The standard InChI is InChI=1S/C35H32ClNO6/c1-42-28-17-8-24(9-18-28)22-43-32(19-10-23-6-11-25(12-7-23)26-13-15-27(36)16-14-26)31(35(40)41)20-21-37-33(38)29-4-2-3-5-30(29)34(37)39/h2-9,11-18,31-32H,10,19-22H2,1H3,(H,40,41). The summed E-state index contributed by atoms with van der Waals surface area (Å²) in [6.45, 7) is 0.197. The molecule has 1 aliphatic heterocycles. The normalized spacial score (nSPS) is 14.0. The van der Waals surface area contributed by atoms with Crippen molar-refractivity contribution in [2.45, 2.75) is 32.0 Å². The second kappa shape index (κ2) is 13.7. The number of aryl methyl sites for hydroxylation is 1. The Hall–Kier alpha value is -4.46. The SMILES string of the molecule is COc1ccc(COC(CCc2ccc(-c3ccc(Cl)cc3)cc2)C(CCN2C(=O)c3ccccc3C2=O)C(=O)O)cc1. The molecule has 0 spiro atoms. The van der Waals surface area contributed by atoms with Crippen LogP contribution in [0.3, 0.4) is 0 Å². The number of amides is 2. The van der Waals surface area contributed by atoms with Crippen LogP contribution in [0.1, 0.15) is 44.7 Å². The van der Waals surface area contributed by atoms with Gasteiger partial charge in [0.2, 0.25) is 0 Å². The van der Waals surface area contributed by atoms with Crippen molar-refractivity contribution in [2.24, 2.45) is 5.92 Å². The van der Waals surface area contributed by atoms with Crippen molar-refractivity contribution in [3.63, 3.8) is 0 Å². The Morgan fingerprint density at radius 2 is 1.35 bits per heavy atom. The van der Waals surface area contributed by atoms with Crippen molar-refractivity contribution >= 4 is 29.4 Å². The van der Waals surface area contributed by atoms with Crippen molar-refractivity contribution < 1.29 is 29.0 Å². The number of carbonyl (C=O) groups is 3. The van der Waals surface area contributed by atoms with Crippen LogP contribution in [0.2, 0.25) is 5.02 Å². The zero-order valence-electron chi connectivity index (χ0n) is 23.7. The van der Waals surface area contributed by atoms with E-state index in [4.69, 9.17) is 21.1 Å². The first-order chi connectivity index (χ1) is 20.8. The van der Waals surface area contributed by atoms with E-state index >= 15 is 0 Å². The van der Waals surface area contributed by atoms with Crippen LogP contribution in [0.4, 0.5) is 0 Å². The molecule has 0 aromatic heterocycles. The number of ether oxygens (including phenoxy) is 2. The molecule has 2 amide bonds. The van der Waals surface area contributed by atoms with E-state index in [1.807, 2.05) is 72.8 Å². The first-order valence-corrected chi connectivity index (χ1v) is 14.5. The molecule has 8 heteroatoms. The third kappa shape index (κ3) is 7.13. The molecule has 1 N–H and O–H groups in total. The van der Waals surface area contributed by atoms with Gasteiger partial charge in [-0.3, -0.25) is 19.3 Å². The van der Waals surface area contributed by atoms with Crippen molar-refractivity contribution in [3.8, 4) is 16.9 Å². The van der Waals surface area contributed by atoms with Crippen molar-refractivity contribution in [2.75, 3.05) is 13.7 Å². The highest BCUT2D eigenvalue weighted by atomic mass is 35.5. The molecule has 1 aliphatic rings. The minimum atomic E-state index is -1.03. The van der Waals surface area contributed by atoms with E-state index in [0.717, 1.165) is 27.2 Å². The molecule has 1 heterocycles. The van der Waals surface area contributed by atoms with Gasteiger partial charge in [0.1, 0.15) is 5.75 Å². The van der Waals surface area contributed by atoms with E-state index in [1.165, 1.54) is 0 Å². The smallest absolute Gasteiger partial charge is 0.309 e. The van der Waals surface area contributed by atoms with Gasteiger partial charge in [0.15, 0.2) is 0 Å². The lowest BCUT2D eigenvalue weighted by molar-refractivity contribution is -0.149. The highest BCUT2D eigenvalue weighted by Crippen LogP contribution is 2.27. The van der Waals surface area contributed by atoms with Crippen LogP contribution < -0.4 is 4.74 Å². The summed E-state index contributed by atoms with van der Waals surface area (Å²) in [5, 5.41) is 11.0. The maximum atomic E-state index is 12.9. The van der Waals surface area contributed by atoms with E-state index < -0.39 is 29.8 Å². The van der Waals surface area contributed by atoms with E-state index in [2.05, 4.69) is 0 Å². The molecular formula is C35H32ClNO6. The molecule has 5 rings (SSSR count). The summed E-state index contributed by atoms with van der Waals surface area (Å²) in [5.41, 5.74) is 4.71. The van der Waals surface area contributed by atoms with Crippen LogP contribution >= 0.6 is 11.6 Å². The molecule has 2 unspecified atom stereocenters. The van der Waals surface area contributed by atoms with Gasteiger partial charge in [-0.15, -0.1) is 0 Å². The summed E-state index contributed by atoms with van der Waals surface area (Å²) >= 11 is 6.02. The number of nitrogens with zero attached hydrogens (tertiary/aromatic N) is 1. The summed E-state index contributed by atoms with van der Waals surface area (Å²) in [7, 11) is 1.59. The highest BCUT2D eigenvalue weighted by molar-refractivity contribution is 6.30. The quantitative estimate of drug-likeness (QED) is 0.168. The number of benzene rings is 4. The Bertz CT molecular complexity index is 1550. The third-order valence-electron chi connectivity index (χ3n) is 7.78. The Balaban J connectivity index is 1.30. The second-order valence-corrected chi connectivity index (χ2v) is 10.9. The molecule has 0 bridgehead atoms. The van der Waals surface area contributed by atoms with E-state index in [0.29, 0.717) is 34.7 Å².